The van der Waals surface area contributed by atoms with Gasteiger partial charge in [0.2, 0.25) is 0 Å². The molecular formula is C23H34ClN3O2S. The number of nitrogens with zero attached hydrogens (tertiary/aromatic N) is 2. The van der Waals surface area contributed by atoms with Gasteiger partial charge < -0.3 is 9.80 Å². The molecule has 30 heavy (non-hydrogen) atoms. The molecule has 0 aromatic heterocycles. The highest BCUT2D eigenvalue weighted by Crippen LogP contribution is 2.32. The number of sulfonamides is 1. The first-order chi connectivity index (χ1) is 13.5. The van der Waals surface area contributed by atoms with Crippen molar-refractivity contribution < 1.29 is 8.42 Å². The Balaban J connectivity index is 0.00000320. The van der Waals surface area contributed by atoms with Crippen LogP contribution in [0, 0.1) is 41.5 Å². The summed E-state index contributed by atoms with van der Waals surface area (Å²) in [6, 6.07) is 5.84. The molecule has 0 saturated carbocycles. The average molecular weight is 452 g/mol. The first-order valence-corrected chi connectivity index (χ1v) is 11.6. The lowest BCUT2D eigenvalue weighted by Gasteiger charge is -2.35. The minimum Gasteiger partial charge on any atom is -0.369 e. The average Bonchev–Trinajstić information content (AvgIpc) is 2.65. The number of hydrogen-bond donors (Lipinski definition) is 1. The zero-order valence-electron chi connectivity index (χ0n) is 19.1. The molecule has 166 valence electrons. The molecule has 1 aliphatic heterocycles. The van der Waals surface area contributed by atoms with Crippen molar-refractivity contribution in [2.24, 2.45) is 0 Å². The van der Waals surface area contributed by atoms with Gasteiger partial charge in [0.1, 0.15) is 0 Å². The number of piperazine rings is 1. The maximum Gasteiger partial charge on any atom is 0.262 e. The van der Waals surface area contributed by atoms with Crippen LogP contribution in [0.3, 0.4) is 0 Å². The molecule has 0 spiro atoms. The quantitative estimate of drug-likeness (QED) is 0.742. The zero-order chi connectivity index (χ0) is 21.5. The Hall–Kier alpha value is -1.76. The van der Waals surface area contributed by atoms with Gasteiger partial charge in [-0.25, -0.2) is 8.42 Å². The third-order valence-electron chi connectivity index (χ3n) is 6.49. The van der Waals surface area contributed by atoms with Gasteiger partial charge in [-0.2, -0.15) is 0 Å². The van der Waals surface area contributed by atoms with Crippen molar-refractivity contribution in [3.8, 4) is 0 Å². The molecule has 1 N–H and O–H groups in total. The van der Waals surface area contributed by atoms with E-state index in [0.717, 1.165) is 59.6 Å². The van der Waals surface area contributed by atoms with Crippen LogP contribution in [0.2, 0.25) is 0 Å². The standard InChI is InChI=1S/C23H33N3O2S.ClH/c1-15-14-21(8-9-22(15)26-12-10-25(7)11-13-26)24-29(27,28)23-19(5)17(3)16(2)18(4)20(23)6;/h8-9,14,24H,10-13H2,1-7H3;1H. The molecule has 7 heteroatoms. The minimum atomic E-state index is -3.67. The molecule has 0 radical (unpaired) electrons. The second-order valence-corrected chi connectivity index (χ2v) is 9.97. The van der Waals surface area contributed by atoms with Crippen LogP contribution < -0.4 is 9.62 Å². The Morgan fingerprint density at radius 1 is 0.800 bits per heavy atom. The van der Waals surface area contributed by atoms with Crippen molar-refractivity contribution >= 4 is 33.8 Å². The van der Waals surface area contributed by atoms with E-state index in [1.165, 1.54) is 5.69 Å². The van der Waals surface area contributed by atoms with E-state index in [1.54, 1.807) is 0 Å². The molecule has 1 heterocycles. The Labute approximate surface area is 187 Å². The summed E-state index contributed by atoms with van der Waals surface area (Å²) in [6.45, 7) is 15.9. The van der Waals surface area contributed by atoms with Gasteiger partial charge in [-0.15, -0.1) is 12.4 Å². The van der Waals surface area contributed by atoms with E-state index < -0.39 is 10.0 Å². The third-order valence-corrected chi connectivity index (χ3v) is 8.15. The van der Waals surface area contributed by atoms with Crippen molar-refractivity contribution in [2.75, 3.05) is 42.8 Å². The maximum absolute atomic E-state index is 13.3. The number of halogens is 1. The molecule has 0 atom stereocenters. The lowest BCUT2D eigenvalue weighted by atomic mass is 9.95. The van der Waals surface area contributed by atoms with Crippen molar-refractivity contribution in [3.05, 3.63) is 51.6 Å². The van der Waals surface area contributed by atoms with Gasteiger partial charge in [-0.05, 0) is 100 Å². The third kappa shape index (κ3) is 4.61. The number of aryl methyl sites for hydroxylation is 1. The van der Waals surface area contributed by atoms with Gasteiger partial charge in [0.05, 0.1) is 4.90 Å². The number of anilines is 2. The number of nitrogens with one attached hydrogen (secondary N) is 1. The van der Waals surface area contributed by atoms with Crippen LogP contribution in [-0.2, 0) is 10.0 Å². The lowest BCUT2D eigenvalue weighted by molar-refractivity contribution is 0.312. The van der Waals surface area contributed by atoms with E-state index in [4.69, 9.17) is 0 Å². The minimum absolute atomic E-state index is 0. The molecule has 2 aromatic rings. The van der Waals surface area contributed by atoms with Gasteiger partial charge in [0.15, 0.2) is 0 Å². The van der Waals surface area contributed by atoms with Crippen LogP contribution in [0.4, 0.5) is 11.4 Å². The maximum atomic E-state index is 13.3. The van der Waals surface area contributed by atoms with Crippen molar-refractivity contribution in [1.82, 2.24) is 4.90 Å². The van der Waals surface area contributed by atoms with Crippen LogP contribution in [0.1, 0.15) is 33.4 Å². The lowest BCUT2D eigenvalue weighted by Crippen LogP contribution is -2.44. The first-order valence-electron chi connectivity index (χ1n) is 10.2. The van der Waals surface area contributed by atoms with E-state index in [1.807, 2.05) is 52.8 Å². The highest BCUT2D eigenvalue weighted by Gasteiger charge is 2.24. The Morgan fingerprint density at radius 3 is 1.80 bits per heavy atom. The molecule has 1 fully saturated rings. The predicted octanol–water partition coefficient (Wildman–Crippen LogP) is 4.51. The van der Waals surface area contributed by atoms with Gasteiger partial charge >= 0.3 is 0 Å². The summed E-state index contributed by atoms with van der Waals surface area (Å²) in [7, 11) is -1.53. The van der Waals surface area contributed by atoms with E-state index in [0.29, 0.717) is 10.6 Å². The molecule has 3 rings (SSSR count). The molecule has 0 bridgehead atoms. The molecule has 2 aromatic carbocycles. The van der Waals surface area contributed by atoms with E-state index in [-0.39, 0.29) is 12.4 Å². The monoisotopic (exact) mass is 451 g/mol. The summed E-state index contributed by atoms with van der Waals surface area (Å²) < 4.78 is 29.3. The molecule has 5 nitrogen and oxygen atoms in total. The van der Waals surface area contributed by atoms with Crippen LogP contribution in [0.25, 0.3) is 0 Å². The summed E-state index contributed by atoms with van der Waals surface area (Å²) in [5.41, 5.74) is 7.74. The van der Waals surface area contributed by atoms with E-state index >= 15 is 0 Å². The van der Waals surface area contributed by atoms with Gasteiger partial charge in [0, 0.05) is 37.6 Å². The largest absolute Gasteiger partial charge is 0.369 e. The van der Waals surface area contributed by atoms with Crippen molar-refractivity contribution in [2.45, 2.75) is 46.4 Å². The van der Waals surface area contributed by atoms with Crippen LogP contribution >= 0.6 is 12.4 Å². The number of benzene rings is 2. The molecular weight excluding hydrogens is 418 g/mol. The van der Waals surface area contributed by atoms with Crippen LogP contribution in [0.5, 0.6) is 0 Å². The topological polar surface area (TPSA) is 52.7 Å². The number of rotatable bonds is 4. The van der Waals surface area contributed by atoms with Crippen LogP contribution in [-0.4, -0.2) is 46.5 Å². The Kier molecular flexibility index (Phi) is 7.49. The molecule has 1 saturated heterocycles. The summed E-state index contributed by atoms with van der Waals surface area (Å²) in [4.78, 5) is 5.10. The second-order valence-electron chi connectivity index (χ2n) is 8.35. The van der Waals surface area contributed by atoms with Gasteiger partial charge in [-0.3, -0.25) is 4.72 Å². The summed E-state index contributed by atoms with van der Waals surface area (Å²) in [5.74, 6) is 0. The SMILES string of the molecule is Cc1cc(NS(=O)(=O)c2c(C)c(C)c(C)c(C)c2C)ccc1N1CCN(C)CC1.Cl. The fraction of sp³-hybridized carbons (Fsp3) is 0.478. The second kappa shape index (κ2) is 9.16. The highest BCUT2D eigenvalue weighted by atomic mass is 35.5. The van der Waals surface area contributed by atoms with E-state index in [9.17, 15) is 8.42 Å². The molecule has 0 aliphatic carbocycles. The molecule has 1 aliphatic rings. The highest BCUT2D eigenvalue weighted by molar-refractivity contribution is 7.92. The summed E-state index contributed by atoms with van der Waals surface area (Å²) >= 11 is 0. The predicted molar refractivity (Wildman–Crippen MR) is 129 cm³/mol. The van der Waals surface area contributed by atoms with E-state index in [2.05, 4.69) is 28.5 Å². The Bertz CT molecular complexity index is 1010. The summed E-state index contributed by atoms with van der Waals surface area (Å²) in [5, 5.41) is 0. The van der Waals surface area contributed by atoms with Gasteiger partial charge in [0.25, 0.3) is 10.0 Å². The first kappa shape index (κ1) is 24.5. The van der Waals surface area contributed by atoms with Crippen molar-refractivity contribution in [3.63, 3.8) is 0 Å². The fourth-order valence-corrected chi connectivity index (χ4v) is 5.85. The Morgan fingerprint density at radius 2 is 1.30 bits per heavy atom. The normalized spacial score (nSPS) is 15.1. The molecule has 0 amide bonds. The van der Waals surface area contributed by atoms with Gasteiger partial charge in [-0.1, -0.05) is 0 Å². The molecule has 0 unspecified atom stereocenters. The fourth-order valence-electron chi connectivity index (χ4n) is 4.20. The zero-order valence-corrected chi connectivity index (χ0v) is 20.7. The summed E-state index contributed by atoms with van der Waals surface area (Å²) in [6.07, 6.45) is 0. The van der Waals surface area contributed by atoms with Crippen molar-refractivity contribution in [1.29, 1.82) is 0 Å². The number of hydrogen-bond acceptors (Lipinski definition) is 4. The smallest absolute Gasteiger partial charge is 0.262 e. The number of likely N-dealkylation sites (N-methyl/N-ethyl adjacent to an activating group) is 1. The van der Waals surface area contributed by atoms with Crippen LogP contribution in [0.15, 0.2) is 23.1 Å².